The topological polar surface area (TPSA) is 101 Å². The van der Waals surface area contributed by atoms with Crippen LogP contribution in [0.1, 0.15) is 17.7 Å². The maximum atomic E-state index is 12.5. The number of carbonyl (C=O) groups is 1. The summed E-state index contributed by atoms with van der Waals surface area (Å²) in [5.74, 6) is 0.938. The Morgan fingerprint density at radius 1 is 1.17 bits per heavy atom. The number of aromatic nitrogens is 4. The fraction of sp³-hybridized carbons (Fsp3) is 0.182. The number of anilines is 1. The van der Waals surface area contributed by atoms with Gasteiger partial charge in [-0.15, -0.1) is 0 Å². The number of ether oxygens (including phenoxy) is 1. The normalized spacial score (nSPS) is 10.9. The zero-order valence-corrected chi connectivity index (χ0v) is 16.7. The van der Waals surface area contributed by atoms with Gasteiger partial charge >= 0.3 is 0 Å². The SMILES string of the molecule is COc1ccccc1-c1ccc(NC(=O)CCc2c(C)nc3nc[nH]n3c2=O)cc1. The van der Waals surface area contributed by atoms with Gasteiger partial charge in [0.15, 0.2) is 0 Å². The molecule has 8 nitrogen and oxygen atoms in total. The number of para-hydroxylation sites is 1. The summed E-state index contributed by atoms with van der Waals surface area (Å²) in [5.41, 5.74) is 3.52. The van der Waals surface area contributed by atoms with E-state index in [1.165, 1.54) is 10.8 Å². The largest absolute Gasteiger partial charge is 0.496 e. The molecule has 0 radical (unpaired) electrons. The van der Waals surface area contributed by atoms with Crippen molar-refractivity contribution in [1.82, 2.24) is 19.6 Å². The summed E-state index contributed by atoms with van der Waals surface area (Å²) in [4.78, 5) is 33.2. The minimum atomic E-state index is -0.232. The molecular formula is C22H21N5O3. The minimum Gasteiger partial charge on any atom is -0.496 e. The lowest BCUT2D eigenvalue weighted by Crippen LogP contribution is -2.23. The second-order valence-corrected chi connectivity index (χ2v) is 6.83. The second kappa shape index (κ2) is 8.20. The van der Waals surface area contributed by atoms with Crippen LogP contribution in [0, 0.1) is 6.92 Å². The number of amides is 1. The van der Waals surface area contributed by atoms with Crippen molar-refractivity contribution in [3.8, 4) is 16.9 Å². The molecule has 0 saturated carbocycles. The average Bonchev–Trinajstić information content (AvgIpc) is 3.22. The highest BCUT2D eigenvalue weighted by atomic mass is 16.5. The highest BCUT2D eigenvalue weighted by molar-refractivity contribution is 5.91. The number of benzene rings is 2. The molecule has 8 heteroatoms. The van der Waals surface area contributed by atoms with Crippen molar-refractivity contribution in [3.05, 3.63) is 76.5 Å². The van der Waals surface area contributed by atoms with Gasteiger partial charge in [0.1, 0.15) is 12.1 Å². The van der Waals surface area contributed by atoms with Crippen LogP contribution in [0.15, 0.2) is 59.7 Å². The van der Waals surface area contributed by atoms with E-state index in [1.54, 1.807) is 14.0 Å². The lowest BCUT2D eigenvalue weighted by molar-refractivity contribution is -0.116. The summed E-state index contributed by atoms with van der Waals surface area (Å²) < 4.78 is 6.68. The second-order valence-electron chi connectivity index (χ2n) is 6.83. The molecule has 30 heavy (non-hydrogen) atoms. The van der Waals surface area contributed by atoms with Crippen molar-refractivity contribution in [2.45, 2.75) is 19.8 Å². The standard InChI is InChI=1S/C22H21N5O3/c1-14-17(21(29)27-22(25-14)23-13-24-27)11-12-20(28)26-16-9-7-15(8-10-16)18-5-3-4-6-19(18)30-2/h3-10,13H,11-12H2,1-2H3,(H,26,28)(H,23,24,25). The molecule has 152 valence electrons. The number of nitrogens with zero attached hydrogens (tertiary/aromatic N) is 3. The van der Waals surface area contributed by atoms with Crippen LogP contribution in [0.3, 0.4) is 0 Å². The summed E-state index contributed by atoms with van der Waals surface area (Å²) in [6, 6.07) is 15.3. The van der Waals surface area contributed by atoms with E-state index in [9.17, 15) is 9.59 Å². The van der Waals surface area contributed by atoms with Gasteiger partial charge in [-0.3, -0.25) is 14.7 Å². The van der Waals surface area contributed by atoms with E-state index in [4.69, 9.17) is 4.74 Å². The molecule has 0 atom stereocenters. The van der Waals surface area contributed by atoms with Gasteiger partial charge in [0, 0.05) is 23.2 Å². The van der Waals surface area contributed by atoms with Crippen LogP contribution in [-0.2, 0) is 11.2 Å². The van der Waals surface area contributed by atoms with Crippen LogP contribution in [0.25, 0.3) is 16.9 Å². The number of carbonyl (C=O) groups excluding carboxylic acids is 1. The molecule has 0 unspecified atom stereocenters. The first-order valence-corrected chi connectivity index (χ1v) is 9.51. The maximum Gasteiger partial charge on any atom is 0.277 e. The zero-order valence-electron chi connectivity index (χ0n) is 16.7. The first-order valence-electron chi connectivity index (χ1n) is 9.51. The molecule has 0 spiro atoms. The smallest absolute Gasteiger partial charge is 0.277 e. The first kappa shape index (κ1) is 19.4. The lowest BCUT2D eigenvalue weighted by Gasteiger charge is -2.10. The van der Waals surface area contributed by atoms with Gasteiger partial charge in [-0.1, -0.05) is 30.3 Å². The molecule has 0 bridgehead atoms. The predicted octanol–water partition coefficient (Wildman–Crippen LogP) is 2.97. The molecule has 2 aromatic carbocycles. The van der Waals surface area contributed by atoms with E-state index in [2.05, 4.69) is 20.4 Å². The molecule has 0 aliphatic carbocycles. The number of H-pyrrole nitrogens is 1. The fourth-order valence-electron chi connectivity index (χ4n) is 3.36. The highest BCUT2D eigenvalue weighted by Gasteiger charge is 2.13. The van der Waals surface area contributed by atoms with Gasteiger partial charge < -0.3 is 10.1 Å². The van der Waals surface area contributed by atoms with Crippen LogP contribution in [0.2, 0.25) is 0 Å². The number of rotatable bonds is 6. The Kier molecular flexibility index (Phi) is 5.30. The number of hydrogen-bond acceptors (Lipinski definition) is 5. The van der Waals surface area contributed by atoms with Gasteiger partial charge in [0.05, 0.1) is 12.8 Å². The Bertz CT molecular complexity index is 1260. The summed E-state index contributed by atoms with van der Waals surface area (Å²) in [7, 11) is 1.64. The van der Waals surface area contributed by atoms with Crippen molar-refractivity contribution < 1.29 is 9.53 Å². The third kappa shape index (κ3) is 3.80. The van der Waals surface area contributed by atoms with Crippen molar-refractivity contribution in [3.63, 3.8) is 0 Å². The van der Waals surface area contributed by atoms with Gasteiger partial charge in [-0.05, 0) is 37.1 Å². The zero-order chi connectivity index (χ0) is 21.1. The quantitative estimate of drug-likeness (QED) is 0.515. The van der Waals surface area contributed by atoms with Crippen molar-refractivity contribution >= 4 is 17.4 Å². The lowest BCUT2D eigenvalue weighted by atomic mass is 10.0. The summed E-state index contributed by atoms with van der Waals surface area (Å²) in [6.07, 6.45) is 1.88. The number of aryl methyl sites for hydroxylation is 1. The maximum absolute atomic E-state index is 12.5. The monoisotopic (exact) mass is 403 g/mol. The van der Waals surface area contributed by atoms with Crippen molar-refractivity contribution in [2.24, 2.45) is 0 Å². The third-order valence-corrected chi connectivity index (χ3v) is 4.92. The van der Waals surface area contributed by atoms with Crippen molar-refractivity contribution in [2.75, 3.05) is 12.4 Å². The Labute approximate surface area is 172 Å². The van der Waals surface area contributed by atoms with E-state index >= 15 is 0 Å². The minimum absolute atomic E-state index is 0.173. The van der Waals surface area contributed by atoms with Crippen LogP contribution < -0.4 is 15.6 Å². The van der Waals surface area contributed by atoms with E-state index in [0.717, 1.165) is 16.9 Å². The molecule has 4 rings (SSSR count). The molecule has 2 N–H and O–H groups in total. The number of aromatic amines is 1. The molecular weight excluding hydrogens is 382 g/mol. The Balaban J connectivity index is 1.43. The summed E-state index contributed by atoms with van der Waals surface area (Å²) in [5, 5.41) is 5.60. The number of methoxy groups -OCH3 is 1. The van der Waals surface area contributed by atoms with Crippen LogP contribution >= 0.6 is 0 Å². The van der Waals surface area contributed by atoms with Crippen LogP contribution in [0.4, 0.5) is 5.69 Å². The molecule has 4 aromatic rings. The first-order chi connectivity index (χ1) is 14.6. The Morgan fingerprint density at radius 3 is 2.70 bits per heavy atom. The van der Waals surface area contributed by atoms with Gasteiger partial charge in [-0.25, -0.2) is 9.97 Å². The summed E-state index contributed by atoms with van der Waals surface area (Å²) in [6.45, 7) is 1.75. The molecule has 0 saturated heterocycles. The molecule has 0 aliphatic heterocycles. The summed E-state index contributed by atoms with van der Waals surface area (Å²) >= 11 is 0. The van der Waals surface area contributed by atoms with Crippen molar-refractivity contribution in [1.29, 1.82) is 0 Å². The van der Waals surface area contributed by atoms with E-state index < -0.39 is 0 Å². The molecule has 0 aliphatic rings. The van der Waals surface area contributed by atoms with Gasteiger partial charge in [-0.2, -0.15) is 4.52 Å². The van der Waals surface area contributed by atoms with E-state index in [1.807, 2.05) is 48.5 Å². The fourth-order valence-corrected chi connectivity index (χ4v) is 3.36. The highest BCUT2D eigenvalue weighted by Crippen LogP contribution is 2.30. The third-order valence-electron chi connectivity index (χ3n) is 4.92. The molecule has 1 amide bonds. The van der Waals surface area contributed by atoms with Crippen LogP contribution in [0.5, 0.6) is 5.75 Å². The Morgan fingerprint density at radius 2 is 1.93 bits per heavy atom. The molecule has 2 heterocycles. The van der Waals surface area contributed by atoms with Crippen LogP contribution in [-0.4, -0.2) is 32.6 Å². The molecule has 0 fully saturated rings. The predicted molar refractivity (Wildman–Crippen MR) is 114 cm³/mol. The number of fused-ring (bicyclic) bond motifs is 1. The number of hydrogen-bond donors (Lipinski definition) is 2. The number of nitrogens with one attached hydrogen (secondary N) is 2. The molecule has 2 aromatic heterocycles. The van der Waals surface area contributed by atoms with Gasteiger partial charge in [0.25, 0.3) is 11.3 Å². The van der Waals surface area contributed by atoms with E-state index in [0.29, 0.717) is 29.1 Å². The van der Waals surface area contributed by atoms with E-state index in [-0.39, 0.29) is 17.9 Å². The Hall–Kier alpha value is -3.94. The average molecular weight is 403 g/mol. The van der Waals surface area contributed by atoms with Gasteiger partial charge in [0.2, 0.25) is 5.91 Å².